The third kappa shape index (κ3) is 24.8. The molecule has 3 N–H and O–H groups in total. The Hall–Kier alpha value is -8.52. The van der Waals surface area contributed by atoms with Gasteiger partial charge < -0.3 is 34.1 Å². The topological polar surface area (TPSA) is 264 Å². The highest BCUT2D eigenvalue weighted by Gasteiger charge is 2.52. The summed E-state index contributed by atoms with van der Waals surface area (Å²) in [5.41, 5.74) is 6.23. The zero-order chi connectivity index (χ0) is 71.5. The van der Waals surface area contributed by atoms with Crippen molar-refractivity contribution in [3.8, 4) is 39.5 Å². The molecule has 12 rings (SSSR count). The molecule has 106 heavy (non-hydrogen) atoms. The van der Waals surface area contributed by atoms with E-state index in [4.69, 9.17) is 24.3 Å². The summed E-state index contributed by atoms with van der Waals surface area (Å²) in [6, 6.07) is 49.5. The molecule has 3 fully saturated rings. The molecule has 0 radical (unpaired) electrons. The van der Waals surface area contributed by atoms with Crippen molar-refractivity contribution >= 4 is 133 Å². The van der Waals surface area contributed by atoms with Crippen molar-refractivity contribution in [1.82, 2.24) is 29.9 Å². The van der Waals surface area contributed by atoms with Crippen molar-refractivity contribution in [3.63, 3.8) is 0 Å². The number of anilines is 3. The average Bonchev–Trinajstić information content (AvgIpc) is 1.61. The zero-order valence-electron chi connectivity index (χ0n) is 59.6. The summed E-state index contributed by atoms with van der Waals surface area (Å²) in [5.74, 6) is -1.72. The number of hydrogen-bond acceptors (Lipinski definition) is 18. The van der Waals surface area contributed by atoms with Gasteiger partial charge in [-0.15, -0.1) is 0 Å². The van der Waals surface area contributed by atoms with Gasteiger partial charge in [-0.25, -0.2) is 24.7 Å². The summed E-state index contributed by atoms with van der Waals surface area (Å²) in [6.07, 6.45) is 6.11. The minimum atomic E-state index is -5.99. The van der Waals surface area contributed by atoms with Crippen LogP contribution in [0.3, 0.4) is 0 Å². The van der Waals surface area contributed by atoms with Crippen molar-refractivity contribution in [1.29, 1.82) is 0 Å². The summed E-state index contributed by atoms with van der Waals surface area (Å²) in [6.45, 7) is 16.9. The number of halogens is 3. The first-order chi connectivity index (χ1) is 47.7. The number of carboxylic acid groups (broad SMARTS) is 1. The molecule has 6 heterocycles. The van der Waals surface area contributed by atoms with Crippen molar-refractivity contribution in [2.75, 3.05) is 28.7 Å². The van der Waals surface area contributed by atoms with E-state index in [9.17, 15) is 40.8 Å². The third-order valence-electron chi connectivity index (χ3n) is 16.5. The number of amides is 1. The molecule has 20 nitrogen and oxygen atoms in total. The first-order valence-corrected chi connectivity index (χ1v) is 34.2. The van der Waals surface area contributed by atoms with Crippen LogP contribution in [0.5, 0.6) is 5.75 Å². The van der Waals surface area contributed by atoms with Gasteiger partial charge >= 0.3 is 39.6 Å². The van der Waals surface area contributed by atoms with Crippen LogP contribution in [0.25, 0.3) is 33.8 Å². The number of ether oxygens (including phenoxy) is 3. The SMILES string of the molecule is CCOC(=O)[C@H]1C[C@@H]1c1cccc(-c2ccc(NCc3cccc(C)c3)nc2)n1.CCOC(=O)[C@H]1C[C@@H]1c1nc(-c2ccc(N(Cc3cccc(C)c3)C(=O)OC(C)(C)C)nc2)ccc1OS(=O)(=O)C(F)(F)F.Cc1cccc(CNc2ccc(-c3cccc([C@H]4C[C@@H]4C(=O)O)n3)cn2)c1.S.S.S.S.S.S. The molecule has 0 unspecified atom stereocenters. The maximum atomic E-state index is 13.2. The van der Waals surface area contributed by atoms with Gasteiger partial charge in [0.15, 0.2) is 5.75 Å². The standard InChI is InChI=1S/C30H32F3N3O7S.C24H25N3O2.C22H21N3O2.6H2S/c1-6-41-27(37)22-15-21(22)26-24(43-44(39,40)30(31,32)33)12-11-23(35-26)20-10-13-25(34-16-20)36(28(38)42-29(3,4)5)17-19-9-7-8-18(2)14-19;1-3-29-24(28)20-13-19(20)22-9-5-8-21(27-22)18-10-11-23(26-15-18)25-14-17-7-4-6-16(2)12-17;1-14-4-2-5-15(10-14)12-23-21-9-8-16(13-24-21)19-6-3-7-20(25-19)17-11-18(17)22(26)27;;;;;;/h7-14,16,21-22H,6,15,17H2,1-5H3;4-12,15,19-20H,3,13-14H2,1-2H3,(H,25,26);2-10,13,17-18H,11-12H2,1H3,(H,23,24)(H,26,27);6*1H2/t21-,22-;19-,20-;17-,18-;;;;;;/m000....../s1. The highest BCUT2D eigenvalue weighted by Crippen LogP contribution is 2.52. The van der Waals surface area contributed by atoms with E-state index in [1.807, 2.05) is 105 Å². The Morgan fingerprint density at radius 2 is 0.953 bits per heavy atom. The van der Waals surface area contributed by atoms with Gasteiger partial charge in [0.2, 0.25) is 0 Å². The summed E-state index contributed by atoms with van der Waals surface area (Å²) < 4.78 is 82.9. The number of carbonyl (C=O) groups excluding carboxylic acids is 3. The lowest BCUT2D eigenvalue weighted by Crippen LogP contribution is -2.37. The lowest BCUT2D eigenvalue weighted by atomic mass is 10.1. The van der Waals surface area contributed by atoms with Crippen molar-refractivity contribution in [3.05, 3.63) is 227 Å². The lowest BCUT2D eigenvalue weighted by molar-refractivity contribution is -0.145. The number of carbonyl (C=O) groups is 4. The predicted molar refractivity (Wildman–Crippen MR) is 434 cm³/mol. The summed E-state index contributed by atoms with van der Waals surface area (Å²) in [4.78, 5) is 77.0. The Balaban J connectivity index is 0.000000339. The molecule has 568 valence electrons. The fourth-order valence-corrected chi connectivity index (χ4v) is 11.6. The Kier molecular flexibility index (Phi) is 33.8. The maximum absolute atomic E-state index is 13.2. The molecule has 3 aromatic carbocycles. The highest BCUT2D eigenvalue weighted by molar-refractivity contribution is 7.88. The van der Waals surface area contributed by atoms with Crippen LogP contribution in [-0.4, -0.2) is 91.8 Å². The van der Waals surface area contributed by atoms with E-state index < -0.39 is 56.8 Å². The van der Waals surface area contributed by atoms with E-state index in [-0.39, 0.29) is 147 Å². The molecular weight excluding hydrogens is 1500 g/mol. The number of hydrogen-bond donors (Lipinski definition) is 3. The largest absolute Gasteiger partial charge is 0.534 e. The Labute approximate surface area is 658 Å². The van der Waals surface area contributed by atoms with Gasteiger partial charge in [-0.3, -0.25) is 29.3 Å². The van der Waals surface area contributed by atoms with Gasteiger partial charge in [0.25, 0.3) is 0 Å². The van der Waals surface area contributed by atoms with Crippen LogP contribution in [-0.2, 0) is 58.3 Å². The second-order valence-electron chi connectivity index (χ2n) is 25.7. The molecule has 9 aromatic rings. The van der Waals surface area contributed by atoms with Crippen LogP contribution < -0.4 is 19.7 Å². The monoisotopic (exact) mass is 1590 g/mol. The Bertz CT molecular complexity index is 4530. The molecule has 6 aromatic heterocycles. The normalized spacial score (nSPS) is 16.3. The number of carboxylic acids is 1. The number of aliphatic carboxylic acids is 1. The van der Waals surface area contributed by atoms with Crippen LogP contribution in [0.2, 0.25) is 0 Å². The van der Waals surface area contributed by atoms with E-state index in [1.165, 1.54) is 39.4 Å². The Morgan fingerprint density at radius 1 is 0.528 bits per heavy atom. The minimum absolute atomic E-state index is 0. The molecule has 0 bridgehead atoms. The summed E-state index contributed by atoms with van der Waals surface area (Å²) in [7, 11) is -5.99. The van der Waals surface area contributed by atoms with E-state index in [2.05, 4.69) is 102 Å². The second-order valence-corrected chi connectivity index (χ2v) is 27.2. The number of aryl methyl sites for hydroxylation is 3. The van der Waals surface area contributed by atoms with Gasteiger partial charge in [0, 0.05) is 77.5 Å². The maximum Gasteiger partial charge on any atom is 0.534 e. The number of alkyl halides is 3. The van der Waals surface area contributed by atoms with Crippen LogP contribution >= 0.6 is 81.0 Å². The van der Waals surface area contributed by atoms with Crippen LogP contribution in [0.1, 0.15) is 122 Å². The smallest absolute Gasteiger partial charge is 0.481 e. The van der Waals surface area contributed by atoms with Gasteiger partial charge in [-0.1, -0.05) is 102 Å². The number of rotatable bonds is 22. The highest BCUT2D eigenvalue weighted by atomic mass is 32.2. The predicted octanol–water partition coefficient (Wildman–Crippen LogP) is 15.9. The van der Waals surface area contributed by atoms with E-state index in [1.54, 1.807) is 46.0 Å². The van der Waals surface area contributed by atoms with Gasteiger partial charge in [0.05, 0.1) is 60.3 Å². The first-order valence-electron chi connectivity index (χ1n) is 32.8. The summed E-state index contributed by atoms with van der Waals surface area (Å²) in [5, 5.41) is 15.8. The molecule has 30 heteroatoms. The average molecular weight is 1590 g/mol. The molecule has 0 aliphatic heterocycles. The quantitative estimate of drug-likeness (QED) is 0.0246. The van der Waals surface area contributed by atoms with E-state index in [0.717, 1.165) is 82.2 Å². The van der Waals surface area contributed by atoms with Crippen molar-refractivity contribution < 1.29 is 64.3 Å². The lowest BCUT2D eigenvalue weighted by Gasteiger charge is -2.27. The second kappa shape index (κ2) is 39.9. The van der Waals surface area contributed by atoms with E-state index in [0.29, 0.717) is 18.6 Å². The first kappa shape index (κ1) is 89.9. The Morgan fingerprint density at radius 3 is 1.38 bits per heavy atom. The minimum Gasteiger partial charge on any atom is -0.481 e. The molecule has 3 saturated carbocycles. The molecule has 6 atom stereocenters. The van der Waals surface area contributed by atoms with E-state index >= 15 is 0 Å². The number of aromatic nitrogens is 6. The van der Waals surface area contributed by atoms with Crippen molar-refractivity contribution in [2.24, 2.45) is 17.8 Å². The number of benzene rings is 3. The van der Waals surface area contributed by atoms with Gasteiger partial charge in [-0.2, -0.15) is 103 Å². The fourth-order valence-electron chi connectivity index (χ4n) is 11.2. The van der Waals surface area contributed by atoms with Gasteiger partial charge in [0.1, 0.15) is 23.1 Å². The molecular formula is C76H90F3N9O11S7. The molecule has 0 spiro atoms. The molecule has 0 saturated heterocycles. The van der Waals surface area contributed by atoms with Crippen LogP contribution in [0.15, 0.2) is 176 Å². The molecule has 1 amide bonds. The van der Waals surface area contributed by atoms with Crippen LogP contribution in [0.4, 0.5) is 35.4 Å². The molecule has 3 aliphatic rings. The zero-order valence-corrected chi connectivity index (χ0v) is 66.4. The fraction of sp³-hybridized carbons (Fsp3) is 0.316. The number of nitrogens with zero attached hydrogens (tertiary/aromatic N) is 7. The number of pyridine rings is 6. The van der Waals surface area contributed by atoms with Gasteiger partial charge in [-0.05, 0) is 164 Å². The van der Waals surface area contributed by atoms with Crippen LogP contribution in [0, 0.1) is 38.5 Å². The van der Waals surface area contributed by atoms with Crippen molar-refractivity contribution in [2.45, 2.75) is 123 Å². The third-order valence-corrected chi connectivity index (χ3v) is 17.4. The number of esters is 2. The summed E-state index contributed by atoms with van der Waals surface area (Å²) >= 11 is 0. The number of nitrogens with one attached hydrogen (secondary N) is 2. The molecule has 3 aliphatic carbocycles.